The Morgan fingerprint density at radius 2 is 1.62 bits per heavy atom. The van der Waals surface area contributed by atoms with Crippen LogP contribution in [0.5, 0.6) is 23.0 Å². The summed E-state index contributed by atoms with van der Waals surface area (Å²) in [7, 11) is 0. The minimum Gasteiger partial charge on any atom is -0.504 e. The van der Waals surface area contributed by atoms with E-state index >= 15 is 0 Å². The Morgan fingerprint density at radius 1 is 0.966 bits per heavy atom. The monoisotopic (exact) mass is 402 g/mol. The number of hydrogen-bond donors (Lipinski definition) is 2. The molecule has 2 aromatic rings. The van der Waals surface area contributed by atoms with E-state index in [1.54, 1.807) is 19.1 Å². The zero-order chi connectivity index (χ0) is 21.2. The smallest absolute Gasteiger partial charge is 0.369 e. The number of phenolic OH excluding ortho intramolecular Hbond substituents is 1. The summed E-state index contributed by atoms with van der Waals surface area (Å²) in [5, 5.41) is 22.1. The van der Waals surface area contributed by atoms with E-state index in [9.17, 15) is 15.0 Å². The summed E-state index contributed by atoms with van der Waals surface area (Å²) < 4.78 is 17.3. The minimum atomic E-state index is -1.37. The summed E-state index contributed by atoms with van der Waals surface area (Å²) in [6.45, 7) is 7.94. The molecule has 0 radical (unpaired) electrons. The van der Waals surface area contributed by atoms with E-state index in [0.29, 0.717) is 36.1 Å². The fraction of sp³-hybridized carbons (Fsp3) is 0.522. The number of hydrogen-bond acceptors (Lipinski definition) is 6. The van der Waals surface area contributed by atoms with Crippen molar-refractivity contribution in [1.82, 2.24) is 0 Å². The first-order chi connectivity index (χ1) is 13.9. The number of unbranched alkanes of at least 4 members (excludes halogenated alkanes) is 2. The van der Waals surface area contributed by atoms with Gasteiger partial charge in [-0.2, -0.15) is 0 Å². The lowest BCUT2D eigenvalue weighted by molar-refractivity contribution is -0.267. The van der Waals surface area contributed by atoms with Gasteiger partial charge in [-0.25, -0.2) is 0 Å². The average Bonchev–Trinajstić information content (AvgIpc) is 2.98. The Kier molecular flexibility index (Phi) is 6.22. The van der Waals surface area contributed by atoms with Crippen molar-refractivity contribution in [3.63, 3.8) is 0 Å². The summed E-state index contributed by atoms with van der Waals surface area (Å²) in [6, 6.07) is 3.57. The molecule has 1 unspecified atom stereocenters. The molecule has 0 saturated carbocycles. The van der Waals surface area contributed by atoms with Crippen LogP contribution in [-0.4, -0.2) is 22.8 Å². The van der Waals surface area contributed by atoms with Crippen LogP contribution >= 0.6 is 0 Å². The molecule has 6 heteroatoms. The van der Waals surface area contributed by atoms with Crippen LogP contribution in [0.1, 0.15) is 64.5 Å². The van der Waals surface area contributed by atoms with Crippen LogP contribution in [0.2, 0.25) is 0 Å². The zero-order valence-electron chi connectivity index (χ0n) is 17.6. The third-order valence-electron chi connectivity index (χ3n) is 5.29. The highest BCUT2D eigenvalue weighted by molar-refractivity contribution is 5.96. The number of benzene rings is 1. The lowest BCUT2D eigenvalue weighted by Gasteiger charge is -2.21. The lowest BCUT2D eigenvalue weighted by Crippen LogP contribution is -2.38. The Morgan fingerprint density at radius 3 is 2.28 bits per heavy atom. The molecule has 1 aliphatic rings. The van der Waals surface area contributed by atoms with Gasteiger partial charge < -0.3 is 24.4 Å². The standard InChI is InChI=1S/C23H30O6/c1-5-8-10-14-12-13-15-16(11-9-6-2)21-22(29-23(4,28-21)27-7-3)20(26)17(15)19(25)18(14)24/h12-13,26H,5-11H2,1-4H3,(H,24,25). The minimum absolute atomic E-state index is 0.0550. The van der Waals surface area contributed by atoms with Gasteiger partial charge in [0.1, 0.15) is 0 Å². The molecule has 0 saturated heterocycles. The highest BCUT2D eigenvalue weighted by Crippen LogP contribution is 2.52. The number of rotatable bonds is 8. The molecule has 0 fully saturated rings. The number of phenols is 1. The van der Waals surface area contributed by atoms with E-state index < -0.39 is 11.4 Å². The van der Waals surface area contributed by atoms with Crippen molar-refractivity contribution in [2.75, 3.05) is 6.61 Å². The van der Waals surface area contributed by atoms with E-state index in [1.165, 1.54) is 0 Å². The second kappa shape index (κ2) is 8.49. The van der Waals surface area contributed by atoms with Gasteiger partial charge in [0.2, 0.25) is 11.2 Å². The Balaban J connectivity index is 2.31. The topological polar surface area (TPSA) is 85.2 Å². The third kappa shape index (κ3) is 3.86. The zero-order valence-corrected chi connectivity index (χ0v) is 17.6. The summed E-state index contributed by atoms with van der Waals surface area (Å²) in [6.07, 6.45) is 4.88. The molecule has 29 heavy (non-hydrogen) atoms. The van der Waals surface area contributed by atoms with Crippen molar-refractivity contribution >= 4 is 10.8 Å². The fourth-order valence-corrected chi connectivity index (χ4v) is 3.79. The van der Waals surface area contributed by atoms with Gasteiger partial charge in [-0.05, 0) is 43.6 Å². The van der Waals surface area contributed by atoms with Gasteiger partial charge in [-0.3, -0.25) is 4.79 Å². The van der Waals surface area contributed by atoms with E-state index in [1.807, 2.05) is 6.92 Å². The van der Waals surface area contributed by atoms with Gasteiger partial charge in [0.25, 0.3) is 0 Å². The number of aromatic hydroxyl groups is 2. The van der Waals surface area contributed by atoms with Crippen molar-refractivity contribution in [3.8, 4) is 23.0 Å². The second-order valence-corrected chi connectivity index (χ2v) is 7.52. The van der Waals surface area contributed by atoms with Gasteiger partial charge in [-0.1, -0.05) is 38.8 Å². The summed E-state index contributed by atoms with van der Waals surface area (Å²) in [5.74, 6) is -1.52. The molecule has 2 N–H and O–H groups in total. The van der Waals surface area contributed by atoms with Crippen LogP contribution in [0.4, 0.5) is 0 Å². The molecule has 0 aliphatic carbocycles. The van der Waals surface area contributed by atoms with E-state index in [-0.39, 0.29) is 22.6 Å². The number of fused-ring (bicyclic) bond motifs is 2. The molecule has 1 heterocycles. The third-order valence-corrected chi connectivity index (χ3v) is 5.29. The molecule has 1 aliphatic heterocycles. The quantitative estimate of drug-likeness (QED) is 0.661. The predicted molar refractivity (Wildman–Crippen MR) is 112 cm³/mol. The van der Waals surface area contributed by atoms with Gasteiger partial charge in [-0.15, -0.1) is 0 Å². The van der Waals surface area contributed by atoms with Crippen LogP contribution in [0.25, 0.3) is 10.8 Å². The molecule has 1 atom stereocenters. The maximum absolute atomic E-state index is 13.1. The van der Waals surface area contributed by atoms with Gasteiger partial charge >= 0.3 is 5.97 Å². The van der Waals surface area contributed by atoms with Crippen molar-refractivity contribution in [1.29, 1.82) is 0 Å². The lowest BCUT2D eigenvalue weighted by atomic mass is 9.99. The largest absolute Gasteiger partial charge is 0.504 e. The highest BCUT2D eigenvalue weighted by Gasteiger charge is 2.42. The van der Waals surface area contributed by atoms with E-state index in [2.05, 4.69) is 13.8 Å². The molecule has 0 amide bonds. The maximum atomic E-state index is 13.1. The molecule has 0 bridgehead atoms. The summed E-state index contributed by atoms with van der Waals surface area (Å²) in [5.41, 5.74) is 0.769. The Hall–Kier alpha value is -2.47. The molecule has 0 aromatic heterocycles. The SMILES string of the molecule is CCCCc1ccc2c(CCCC)c3c(c(O)c2c(=O)c1O)OC(C)(OCC)O3. The molecule has 3 rings (SSSR count). The Bertz CT molecular complexity index is 968. The van der Waals surface area contributed by atoms with Gasteiger partial charge in [0.05, 0.1) is 12.0 Å². The van der Waals surface area contributed by atoms with Gasteiger partial charge in [0.15, 0.2) is 17.2 Å². The van der Waals surface area contributed by atoms with Crippen LogP contribution < -0.4 is 14.9 Å². The van der Waals surface area contributed by atoms with Crippen LogP contribution in [-0.2, 0) is 17.6 Å². The molecule has 2 aromatic carbocycles. The molecule has 158 valence electrons. The van der Waals surface area contributed by atoms with E-state index in [0.717, 1.165) is 31.2 Å². The van der Waals surface area contributed by atoms with Crippen LogP contribution in [0, 0.1) is 0 Å². The van der Waals surface area contributed by atoms with Crippen molar-refractivity contribution in [2.24, 2.45) is 0 Å². The van der Waals surface area contributed by atoms with Crippen molar-refractivity contribution in [3.05, 3.63) is 33.5 Å². The van der Waals surface area contributed by atoms with Crippen molar-refractivity contribution < 1.29 is 24.4 Å². The average molecular weight is 402 g/mol. The Labute approximate surface area is 171 Å². The summed E-state index contributed by atoms with van der Waals surface area (Å²) >= 11 is 0. The number of ether oxygens (including phenoxy) is 3. The summed E-state index contributed by atoms with van der Waals surface area (Å²) in [4.78, 5) is 13.1. The normalized spacial score (nSPS) is 17.8. The molecular formula is C23H30O6. The highest BCUT2D eigenvalue weighted by atomic mass is 16.9. The molecule has 6 nitrogen and oxygen atoms in total. The molecule has 0 spiro atoms. The first kappa shape index (κ1) is 21.2. The predicted octanol–water partition coefficient (Wildman–Crippen LogP) is 4.78. The van der Waals surface area contributed by atoms with Crippen molar-refractivity contribution in [2.45, 2.75) is 72.2 Å². The van der Waals surface area contributed by atoms with Crippen LogP contribution in [0.15, 0.2) is 16.9 Å². The number of aryl methyl sites for hydroxylation is 2. The van der Waals surface area contributed by atoms with Gasteiger partial charge in [0, 0.05) is 12.5 Å². The maximum Gasteiger partial charge on any atom is 0.369 e. The first-order valence-electron chi connectivity index (χ1n) is 10.4. The fourth-order valence-electron chi connectivity index (χ4n) is 3.79. The molecular weight excluding hydrogens is 372 g/mol. The van der Waals surface area contributed by atoms with E-state index in [4.69, 9.17) is 14.2 Å². The second-order valence-electron chi connectivity index (χ2n) is 7.52. The first-order valence-corrected chi connectivity index (χ1v) is 10.4. The van der Waals surface area contributed by atoms with Crippen LogP contribution in [0.3, 0.4) is 0 Å².